The fourth-order valence-electron chi connectivity index (χ4n) is 5.39. The summed E-state index contributed by atoms with van der Waals surface area (Å²) in [5.74, 6) is -0.200. The van der Waals surface area contributed by atoms with Gasteiger partial charge in [0, 0.05) is 9.79 Å². The molecule has 0 fully saturated rings. The van der Waals surface area contributed by atoms with Crippen molar-refractivity contribution in [2.75, 3.05) is 9.80 Å². The average Bonchev–Trinajstić information content (AvgIpc) is 3.16. The van der Waals surface area contributed by atoms with Crippen molar-refractivity contribution in [2.45, 2.75) is 49.3 Å². The van der Waals surface area contributed by atoms with E-state index in [2.05, 4.69) is 56.9 Å². The van der Waals surface area contributed by atoms with Crippen molar-refractivity contribution in [3.05, 3.63) is 107 Å². The van der Waals surface area contributed by atoms with Crippen LogP contribution in [0.5, 0.6) is 0 Å². The van der Waals surface area contributed by atoms with Crippen molar-refractivity contribution in [3.63, 3.8) is 0 Å². The van der Waals surface area contributed by atoms with E-state index >= 15 is 0 Å². The van der Waals surface area contributed by atoms with Gasteiger partial charge in [0.2, 0.25) is 0 Å². The summed E-state index contributed by atoms with van der Waals surface area (Å²) < 4.78 is 0. The van der Waals surface area contributed by atoms with Crippen LogP contribution in [-0.2, 0) is 0 Å². The monoisotopic (exact) mass is 504 g/mol. The molecule has 2 aliphatic heterocycles. The van der Waals surface area contributed by atoms with E-state index < -0.39 is 0 Å². The lowest BCUT2D eigenvalue weighted by atomic mass is 9.92. The van der Waals surface area contributed by atoms with E-state index in [4.69, 9.17) is 0 Å². The van der Waals surface area contributed by atoms with Crippen molar-refractivity contribution >= 4 is 46.3 Å². The van der Waals surface area contributed by atoms with Crippen LogP contribution in [0.4, 0.5) is 22.7 Å². The van der Waals surface area contributed by atoms with Crippen LogP contribution in [0.15, 0.2) is 94.7 Å². The Labute approximate surface area is 221 Å². The van der Waals surface area contributed by atoms with E-state index in [9.17, 15) is 9.59 Å². The first kappa shape index (κ1) is 23.6. The van der Waals surface area contributed by atoms with Gasteiger partial charge in [-0.2, -0.15) is 0 Å². The maximum atomic E-state index is 14.3. The Morgan fingerprint density at radius 1 is 0.568 bits per heavy atom. The minimum Gasteiger partial charge on any atom is -0.307 e. The molecule has 37 heavy (non-hydrogen) atoms. The molecule has 4 nitrogen and oxygen atoms in total. The molecule has 4 aromatic rings. The average molecular weight is 505 g/mol. The highest BCUT2D eigenvalue weighted by Crippen LogP contribution is 2.53. The minimum absolute atomic E-state index is 0.162. The lowest BCUT2D eigenvalue weighted by Crippen LogP contribution is -2.32. The van der Waals surface area contributed by atoms with Gasteiger partial charge in [-0.1, -0.05) is 88.0 Å². The third-order valence-corrected chi connectivity index (χ3v) is 8.26. The third kappa shape index (κ3) is 3.60. The molecule has 5 heteroatoms. The Balaban J connectivity index is 1.57. The molecule has 0 aromatic heterocycles. The summed E-state index contributed by atoms with van der Waals surface area (Å²) in [6, 6.07) is 28.1. The number of carbonyl (C=O) groups excluding carboxylic acids is 2. The van der Waals surface area contributed by atoms with E-state index in [0.717, 1.165) is 43.7 Å². The van der Waals surface area contributed by atoms with Gasteiger partial charge >= 0.3 is 0 Å². The molecule has 0 unspecified atom stereocenters. The molecule has 0 saturated heterocycles. The first-order valence-electron chi connectivity index (χ1n) is 12.7. The van der Waals surface area contributed by atoms with Gasteiger partial charge in [0.25, 0.3) is 11.8 Å². The lowest BCUT2D eigenvalue weighted by molar-refractivity contribution is 0.0925. The van der Waals surface area contributed by atoms with Gasteiger partial charge in [-0.3, -0.25) is 9.59 Å². The molecule has 0 spiro atoms. The van der Waals surface area contributed by atoms with Gasteiger partial charge in [0.15, 0.2) is 0 Å². The SMILES string of the molecule is CC(C)c1cccc(C(C)C)c1N1C(=O)c2cccc(N3c4ccccc4Sc4ccccc43)c2C1=O. The highest BCUT2D eigenvalue weighted by atomic mass is 32.2. The van der Waals surface area contributed by atoms with Crippen LogP contribution in [0.2, 0.25) is 0 Å². The van der Waals surface area contributed by atoms with Crippen molar-refractivity contribution in [1.82, 2.24) is 0 Å². The predicted octanol–water partition coefficient (Wildman–Crippen LogP) is 8.67. The smallest absolute Gasteiger partial charge is 0.268 e. The number of carbonyl (C=O) groups is 2. The van der Waals surface area contributed by atoms with Gasteiger partial charge in [0.1, 0.15) is 0 Å². The Kier molecular flexibility index (Phi) is 5.68. The molecule has 0 N–H and O–H groups in total. The van der Waals surface area contributed by atoms with Gasteiger partial charge in [-0.25, -0.2) is 4.90 Å². The normalized spacial score (nSPS) is 14.3. The molecular formula is C32H28N2O2S. The van der Waals surface area contributed by atoms with E-state index in [1.807, 2.05) is 54.6 Å². The van der Waals surface area contributed by atoms with Crippen molar-refractivity contribution in [2.24, 2.45) is 0 Å². The number of benzene rings is 4. The lowest BCUT2D eigenvalue weighted by Gasteiger charge is -2.33. The number of para-hydroxylation sites is 3. The van der Waals surface area contributed by atoms with Crippen molar-refractivity contribution in [1.29, 1.82) is 0 Å². The number of anilines is 4. The highest BCUT2D eigenvalue weighted by Gasteiger charge is 2.42. The summed E-state index contributed by atoms with van der Waals surface area (Å²) >= 11 is 1.72. The van der Waals surface area contributed by atoms with Crippen LogP contribution in [0.25, 0.3) is 0 Å². The van der Waals surface area contributed by atoms with Gasteiger partial charge in [-0.15, -0.1) is 0 Å². The van der Waals surface area contributed by atoms with E-state index in [-0.39, 0.29) is 23.7 Å². The van der Waals surface area contributed by atoms with E-state index in [1.165, 1.54) is 4.90 Å². The van der Waals surface area contributed by atoms with E-state index in [1.54, 1.807) is 17.8 Å². The largest absolute Gasteiger partial charge is 0.307 e. The molecule has 0 radical (unpaired) electrons. The number of nitrogens with zero attached hydrogens (tertiary/aromatic N) is 2. The van der Waals surface area contributed by atoms with Crippen LogP contribution in [-0.4, -0.2) is 11.8 Å². The molecule has 4 aromatic carbocycles. The summed E-state index contributed by atoms with van der Waals surface area (Å²) in [5.41, 5.74) is 6.39. The zero-order valence-corrected chi connectivity index (χ0v) is 22.2. The molecule has 2 amide bonds. The first-order valence-corrected chi connectivity index (χ1v) is 13.5. The van der Waals surface area contributed by atoms with Crippen LogP contribution in [0, 0.1) is 0 Å². The molecule has 2 aliphatic rings. The molecule has 184 valence electrons. The van der Waals surface area contributed by atoms with Crippen LogP contribution >= 0.6 is 11.8 Å². The fraction of sp³-hybridized carbons (Fsp3) is 0.188. The molecule has 6 rings (SSSR count). The van der Waals surface area contributed by atoms with Crippen LogP contribution in [0.3, 0.4) is 0 Å². The summed E-state index contributed by atoms with van der Waals surface area (Å²) in [6.07, 6.45) is 0. The summed E-state index contributed by atoms with van der Waals surface area (Å²) in [6.45, 7) is 8.41. The topological polar surface area (TPSA) is 40.6 Å². The molecule has 0 atom stereocenters. The quantitative estimate of drug-likeness (QED) is 0.230. The molecular weight excluding hydrogens is 476 g/mol. The second-order valence-electron chi connectivity index (χ2n) is 10.1. The standard InChI is InChI=1S/C32H28N2O2S/c1-19(2)21-11-9-12-22(20(3)4)30(21)34-31(35)23-13-10-16-26(29(23)32(34)36)33-24-14-5-7-17-27(24)37-28-18-8-6-15-25(28)33/h5-20H,1-4H3. The minimum atomic E-state index is -0.265. The van der Waals surface area contributed by atoms with Gasteiger partial charge < -0.3 is 4.90 Å². The predicted molar refractivity (Wildman–Crippen MR) is 151 cm³/mol. The number of imide groups is 1. The second kappa shape index (κ2) is 8.93. The molecule has 0 saturated carbocycles. The highest BCUT2D eigenvalue weighted by molar-refractivity contribution is 7.99. The van der Waals surface area contributed by atoms with Crippen LogP contribution in [0.1, 0.15) is 71.4 Å². The number of amides is 2. The number of fused-ring (bicyclic) bond motifs is 3. The van der Waals surface area contributed by atoms with E-state index in [0.29, 0.717) is 11.1 Å². The molecule has 2 heterocycles. The number of hydrogen-bond acceptors (Lipinski definition) is 4. The number of hydrogen-bond donors (Lipinski definition) is 0. The van der Waals surface area contributed by atoms with Crippen molar-refractivity contribution < 1.29 is 9.59 Å². The Bertz CT molecular complexity index is 1500. The first-order chi connectivity index (χ1) is 17.9. The maximum Gasteiger partial charge on any atom is 0.268 e. The fourth-order valence-corrected chi connectivity index (χ4v) is 6.45. The summed E-state index contributed by atoms with van der Waals surface area (Å²) in [5, 5.41) is 0. The molecule has 0 bridgehead atoms. The van der Waals surface area contributed by atoms with Crippen LogP contribution < -0.4 is 9.80 Å². The van der Waals surface area contributed by atoms with Gasteiger partial charge in [0.05, 0.1) is 33.9 Å². The van der Waals surface area contributed by atoms with Crippen molar-refractivity contribution in [3.8, 4) is 0 Å². The zero-order valence-electron chi connectivity index (χ0n) is 21.4. The number of rotatable bonds is 4. The zero-order chi connectivity index (χ0) is 25.8. The summed E-state index contributed by atoms with van der Waals surface area (Å²) in [4.78, 5) is 34.1. The maximum absolute atomic E-state index is 14.3. The summed E-state index contributed by atoms with van der Waals surface area (Å²) in [7, 11) is 0. The third-order valence-electron chi connectivity index (χ3n) is 7.13. The second-order valence-corrected chi connectivity index (χ2v) is 11.2. The Hall–Kier alpha value is -3.83. The molecule has 0 aliphatic carbocycles. The Morgan fingerprint density at radius 2 is 1.08 bits per heavy atom. The Morgan fingerprint density at radius 3 is 1.65 bits per heavy atom. The van der Waals surface area contributed by atoms with Gasteiger partial charge in [-0.05, 0) is 59.4 Å².